The molecule has 0 aromatic carbocycles. The van der Waals surface area contributed by atoms with Gasteiger partial charge in [0.25, 0.3) is 0 Å². The van der Waals surface area contributed by atoms with E-state index < -0.39 is 0 Å². The van der Waals surface area contributed by atoms with E-state index in [-0.39, 0.29) is 29.1 Å². The van der Waals surface area contributed by atoms with Crippen molar-refractivity contribution in [1.82, 2.24) is 4.90 Å². The molecule has 0 aromatic rings. The molecule has 8 aliphatic rings. The van der Waals surface area contributed by atoms with Crippen LogP contribution in [0.2, 0.25) is 0 Å². The summed E-state index contributed by atoms with van der Waals surface area (Å²) in [4.78, 5) is 28.4. The van der Waals surface area contributed by atoms with Gasteiger partial charge in [0.2, 0.25) is 11.8 Å². The Bertz CT molecular complexity index is 663. The van der Waals surface area contributed by atoms with Crippen molar-refractivity contribution in [2.75, 3.05) is 6.54 Å². The number of hydrogen-bond acceptors (Lipinski definition) is 2. The lowest BCUT2D eigenvalue weighted by Gasteiger charge is -2.57. The number of nitrogens with zero attached hydrogens (tertiary/aromatic N) is 1. The average Bonchev–Trinajstić information content (AvgIpc) is 3.17. The average molecular weight is 337 g/mol. The maximum atomic E-state index is 13.3. The minimum Gasteiger partial charge on any atom is -0.282 e. The summed E-state index contributed by atoms with van der Waals surface area (Å²) in [6.45, 7) is 0.758. The zero-order chi connectivity index (χ0) is 16.6. The third-order valence-electron chi connectivity index (χ3n) is 9.60. The zero-order valence-corrected chi connectivity index (χ0v) is 14.8. The lowest BCUT2D eigenvalue weighted by atomic mass is 9.49. The van der Waals surface area contributed by atoms with Crippen molar-refractivity contribution in [3.05, 3.63) is 12.2 Å². The van der Waals surface area contributed by atoms with Gasteiger partial charge in [-0.25, -0.2) is 0 Å². The van der Waals surface area contributed by atoms with Gasteiger partial charge in [-0.15, -0.1) is 0 Å². The molecule has 3 heteroatoms. The molecule has 7 fully saturated rings. The van der Waals surface area contributed by atoms with Crippen molar-refractivity contribution in [3.63, 3.8) is 0 Å². The SMILES string of the molecule is O=C1[C@H]2[C@H](C(=O)N1CC13CC4CC(CC(C4)C1)C3)[C@@H]1C=C[C@@H]2C12CC2. The van der Waals surface area contributed by atoms with Gasteiger partial charge < -0.3 is 0 Å². The van der Waals surface area contributed by atoms with Crippen molar-refractivity contribution in [3.8, 4) is 0 Å². The fourth-order valence-corrected chi connectivity index (χ4v) is 9.12. The maximum Gasteiger partial charge on any atom is 0.233 e. The van der Waals surface area contributed by atoms with Crippen molar-refractivity contribution >= 4 is 11.8 Å². The van der Waals surface area contributed by atoms with E-state index in [4.69, 9.17) is 0 Å². The molecule has 25 heavy (non-hydrogen) atoms. The van der Waals surface area contributed by atoms with Gasteiger partial charge in [0.15, 0.2) is 0 Å². The monoisotopic (exact) mass is 337 g/mol. The van der Waals surface area contributed by atoms with Crippen molar-refractivity contribution < 1.29 is 9.59 Å². The maximum absolute atomic E-state index is 13.3. The highest BCUT2D eigenvalue weighted by Gasteiger charge is 2.73. The summed E-state index contributed by atoms with van der Waals surface area (Å²) in [5.74, 6) is 3.80. The van der Waals surface area contributed by atoms with Crippen LogP contribution in [0.1, 0.15) is 51.4 Å². The zero-order valence-electron chi connectivity index (χ0n) is 14.8. The predicted molar refractivity (Wildman–Crippen MR) is 92.1 cm³/mol. The van der Waals surface area contributed by atoms with E-state index in [0.29, 0.717) is 17.3 Å². The summed E-state index contributed by atoms with van der Waals surface area (Å²) in [7, 11) is 0. The fourth-order valence-electron chi connectivity index (χ4n) is 9.12. The molecule has 1 spiro atoms. The summed E-state index contributed by atoms with van der Waals surface area (Å²) >= 11 is 0. The number of fused-ring (bicyclic) bond motifs is 3. The molecule has 7 aliphatic carbocycles. The van der Waals surface area contributed by atoms with E-state index in [1.54, 1.807) is 4.90 Å². The second-order valence-corrected chi connectivity index (χ2v) is 10.9. The van der Waals surface area contributed by atoms with Gasteiger partial charge in [0.05, 0.1) is 11.8 Å². The minimum atomic E-state index is -0.00101. The molecule has 1 saturated heterocycles. The van der Waals surface area contributed by atoms with Gasteiger partial charge in [0, 0.05) is 6.54 Å². The number of imide groups is 1. The Hall–Kier alpha value is -1.12. The van der Waals surface area contributed by atoms with E-state index in [0.717, 1.165) is 24.3 Å². The molecule has 6 bridgehead atoms. The van der Waals surface area contributed by atoms with Crippen LogP contribution in [0.5, 0.6) is 0 Å². The number of carbonyl (C=O) groups excluding carboxylic acids is 2. The van der Waals surface area contributed by atoms with E-state index in [1.165, 1.54) is 51.4 Å². The summed E-state index contributed by atoms with van der Waals surface area (Å²) in [5.41, 5.74) is 0.607. The first-order valence-corrected chi connectivity index (χ1v) is 10.6. The van der Waals surface area contributed by atoms with Crippen LogP contribution >= 0.6 is 0 Å². The number of carbonyl (C=O) groups is 2. The molecule has 132 valence electrons. The lowest BCUT2D eigenvalue weighted by Crippen LogP contribution is -2.52. The fraction of sp³-hybridized carbons (Fsp3) is 0.818. The number of likely N-dealkylation sites (tertiary alicyclic amines) is 1. The van der Waals surface area contributed by atoms with Crippen LogP contribution in [0.25, 0.3) is 0 Å². The first-order valence-electron chi connectivity index (χ1n) is 10.6. The molecule has 6 saturated carbocycles. The van der Waals surface area contributed by atoms with E-state index in [2.05, 4.69) is 12.2 Å². The predicted octanol–water partition coefficient (Wildman–Crippen LogP) is 3.40. The highest BCUT2D eigenvalue weighted by molar-refractivity contribution is 6.06. The van der Waals surface area contributed by atoms with E-state index >= 15 is 0 Å². The van der Waals surface area contributed by atoms with Crippen LogP contribution in [0.4, 0.5) is 0 Å². The first kappa shape index (κ1) is 14.0. The third kappa shape index (κ3) is 1.52. The molecule has 0 N–H and O–H groups in total. The van der Waals surface area contributed by atoms with Crippen LogP contribution in [0.15, 0.2) is 12.2 Å². The highest BCUT2D eigenvalue weighted by atomic mass is 16.2. The largest absolute Gasteiger partial charge is 0.282 e. The van der Waals surface area contributed by atoms with Gasteiger partial charge in [-0.3, -0.25) is 14.5 Å². The quantitative estimate of drug-likeness (QED) is 0.572. The Morgan fingerprint density at radius 3 is 1.76 bits per heavy atom. The Balaban J connectivity index is 1.20. The summed E-state index contributed by atoms with van der Waals surface area (Å²) < 4.78 is 0. The van der Waals surface area contributed by atoms with Crippen LogP contribution in [-0.4, -0.2) is 23.3 Å². The highest BCUT2D eigenvalue weighted by Crippen LogP contribution is 2.73. The normalized spacial score (nSPS) is 55.7. The molecule has 2 amide bonds. The molecule has 1 heterocycles. The molecule has 1 aliphatic heterocycles. The van der Waals surface area contributed by atoms with Gasteiger partial charge in [-0.2, -0.15) is 0 Å². The molecular weight excluding hydrogens is 310 g/mol. The Morgan fingerprint density at radius 2 is 1.32 bits per heavy atom. The Labute approximate surface area is 149 Å². The van der Waals surface area contributed by atoms with Gasteiger partial charge in [0.1, 0.15) is 0 Å². The number of rotatable bonds is 2. The summed E-state index contributed by atoms with van der Waals surface area (Å²) in [6, 6.07) is 0. The van der Waals surface area contributed by atoms with Gasteiger partial charge in [-0.1, -0.05) is 12.2 Å². The second-order valence-electron chi connectivity index (χ2n) is 10.9. The molecule has 0 radical (unpaired) electrons. The lowest BCUT2D eigenvalue weighted by molar-refractivity contribution is -0.147. The van der Waals surface area contributed by atoms with E-state index in [1.807, 2.05) is 0 Å². The third-order valence-corrected chi connectivity index (χ3v) is 9.60. The molecule has 4 atom stereocenters. The van der Waals surface area contributed by atoms with Gasteiger partial charge in [-0.05, 0) is 91.8 Å². The number of hydrogen-bond donors (Lipinski definition) is 0. The van der Waals surface area contributed by atoms with Crippen LogP contribution in [-0.2, 0) is 9.59 Å². The van der Waals surface area contributed by atoms with Crippen molar-refractivity contribution in [2.24, 2.45) is 52.3 Å². The van der Waals surface area contributed by atoms with Crippen LogP contribution < -0.4 is 0 Å². The first-order chi connectivity index (χ1) is 12.1. The van der Waals surface area contributed by atoms with Crippen molar-refractivity contribution in [2.45, 2.75) is 51.4 Å². The minimum absolute atomic E-state index is 0.00101. The molecular formula is C22H27NO2. The topological polar surface area (TPSA) is 37.4 Å². The molecule has 0 unspecified atom stereocenters. The summed E-state index contributed by atoms with van der Waals surface area (Å²) in [6.07, 6.45) is 15.1. The van der Waals surface area contributed by atoms with Gasteiger partial charge >= 0.3 is 0 Å². The Morgan fingerprint density at radius 1 is 0.840 bits per heavy atom. The molecule has 8 rings (SSSR count). The van der Waals surface area contributed by atoms with Crippen LogP contribution in [0.3, 0.4) is 0 Å². The molecule has 0 aromatic heterocycles. The molecule has 3 nitrogen and oxygen atoms in total. The number of amides is 2. The van der Waals surface area contributed by atoms with Crippen molar-refractivity contribution in [1.29, 1.82) is 0 Å². The number of allylic oxidation sites excluding steroid dienone is 2. The van der Waals surface area contributed by atoms with E-state index in [9.17, 15) is 9.59 Å². The smallest absolute Gasteiger partial charge is 0.233 e. The van der Waals surface area contributed by atoms with Crippen LogP contribution in [0, 0.1) is 52.3 Å². The summed E-state index contributed by atoms with van der Waals surface area (Å²) in [5, 5.41) is 0. The standard InChI is InChI=1S/C22H27NO2/c24-19-17-15-1-2-16(22(15)3-4-22)18(17)20(25)23(19)11-21-8-12-5-13(9-21)7-14(6-12)10-21/h1-2,12-18H,3-11H2/t12?,13?,14?,15-,16-,17+,18+,21?/m0/s1. The Kier molecular flexibility index (Phi) is 2.28. The second kappa shape index (κ2) is 4.07.